The van der Waals surface area contributed by atoms with E-state index in [1.54, 1.807) is 0 Å². The lowest BCUT2D eigenvalue weighted by Crippen LogP contribution is -1.95. The highest BCUT2D eigenvalue weighted by atomic mass is 79.9. The zero-order valence-corrected chi connectivity index (χ0v) is 9.94. The summed E-state index contributed by atoms with van der Waals surface area (Å²) >= 11 is 3.44. The lowest BCUT2D eigenvalue weighted by molar-refractivity contribution is 0.666. The molecule has 0 unspecified atom stereocenters. The Balaban J connectivity index is 2.05. The van der Waals surface area contributed by atoms with Crippen molar-refractivity contribution in [2.75, 3.05) is 0 Å². The van der Waals surface area contributed by atoms with E-state index in [4.69, 9.17) is 0 Å². The third-order valence-electron chi connectivity index (χ3n) is 3.04. The van der Waals surface area contributed by atoms with Gasteiger partial charge in [-0.2, -0.15) is 5.10 Å². The van der Waals surface area contributed by atoms with Crippen molar-refractivity contribution in [2.45, 2.75) is 31.6 Å². The summed E-state index contributed by atoms with van der Waals surface area (Å²) in [6.07, 6.45) is 7.09. The van der Waals surface area contributed by atoms with Gasteiger partial charge in [-0.3, -0.25) is 0 Å². The molecular weight excluding hydrogens is 254 g/mol. The molecule has 1 fully saturated rings. The molecule has 1 aliphatic carbocycles. The minimum atomic E-state index is 0.587. The van der Waals surface area contributed by atoms with Crippen molar-refractivity contribution in [3.05, 3.63) is 28.6 Å². The number of halogens is 1. The number of nitrogens with zero attached hydrogens (tertiary/aromatic N) is 3. The molecule has 78 valence electrons. The molecule has 0 N–H and O–H groups in total. The molecule has 0 aliphatic heterocycles. The van der Waals surface area contributed by atoms with Gasteiger partial charge in [-0.05, 0) is 25.0 Å². The van der Waals surface area contributed by atoms with E-state index >= 15 is 0 Å². The quantitative estimate of drug-likeness (QED) is 0.793. The highest BCUT2D eigenvalue weighted by Gasteiger charge is 2.21. The zero-order valence-electron chi connectivity index (χ0n) is 8.36. The molecule has 0 bridgehead atoms. The van der Waals surface area contributed by atoms with Gasteiger partial charge in [0.05, 0.1) is 0 Å². The van der Waals surface area contributed by atoms with Crippen LogP contribution in [0.15, 0.2) is 22.8 Å². The zero-order chi connectivity index (χ0) is 10.3. The van der Waals surface area contributed by atoms with Gasteiger partial charge in [-0.1, -0.05) is 28.8 Å². The lowest BCUT2D eigenvalue weighted by atomic mass is 10.1. The maximum absolute atomic E-state index is 4.58. The van der Waals surface area contributed by atoms with Crippen LogP contribution in [0, 0.1) is 0 Å². The van der Waals surface area contributed by atoms with Gasteiger partial charge < -0.3 is 0 Å². The average molecular weight is 266 g/mol. The number of aromatic nitrogens is 3. The van der Waals surface area contributed by atoms with Gasteiger partial charge in [-0.15, -0.1) is 0 Å². The SMILES string of the molecule is Brc1ccn2nc(C3CCCC3)nc2c1. The van der Waals surface area contributed by atoms with E-state index in [0.29, 0.717) is 5.92 Å². The van der Waals surface area contributed by atoms with Crippen LogP contribution in [0.5, 0.6) is 0 Å². The first-order valence-corrected chi connectivity index (χ1v) is 6.14. The standard InChI is InChI=1S/C11H12BrN3/c12-9-5-6-15-10(7-9)13-11(14-15)8-3-1-2-4-8/h5-8H,1-4H2. The molecule has 0 amide bonds. The van der Waals surface area contributed by atoms with Crippen LogP contribution in [-0.2, 0) is 0 Å². The smallest absolute Gasteiger partial charge is 0.156 e. The fraction of sp³-hybridized carbons (Fsp3) is 0.455. The largest absolute Gasteiger partial charge is 0.221 e. The second-order valence-corrected chi connectivity index (χ2v) is 5.01. The molecule has 2 aromatic rings. The Kier molecular flexibility index (Phi) is 2.24. The third-order valence-corrected chi connectivity index (χ3v) is 3.53. The molecule has 0 spiro atoms. The van der Waals surface area contributed by atoms with Gasteiger partial charge >= 0.3 is 0 Å². The van der Waals surface area contributed by atoms with Gasteiger partial charge in [0, 0.05) is 16.6 Å². The first kappa shape index (κ1) is 9.33. The van der Waals surface area contributed by atoms with Crippen LogP contribution in [0.1, 0.15) is 37.4 Å². The van der Waals surface area contributed by atoms with Crippen LogP contribution in [0.2, 0.25) is 0 Å². The molecular formula is C11H12BrN3. The number of fused-ring (bicyclic) bond motifs is 1. The summed E-state index contributed by atoms with van der Waals surface area (Å²) in [5.74, 6) is 1.61. The molecule has 0 aromatic carbocycles. The van der Waals surface area contributed by atoms with Gasteiger partial charge in [0.15, 0.2) is 11.5 Å². The molecule has 3 nitrogen and oxygen atoms in total. The number of pyridine rings is 1. The first-order valence-electron chi connectivity index (χ1n) is 5.35. The summed E-state index contributed by atoms with van der Waals surface area (Å²) < 4.78 is 2.92. The van der Waals surface area contributed by atoms with E-state index in [1.807, 2.05) is 22.8 Å². The fourth-order valence-electron chi connectivity index (χ4n) is 2.23. The maximum atomic E-state index is 4.58. The van der Waals surface area contributed by atoms with Gasteiger partial charge in [0.1, 0.15) is 0 Å². The Morgan fingerprint density at radius 1 is 1.33 bits per heavy atom. The molecule has 1 aliphatic rings. The van der Waals surface area contributed by atoms with Crippen molar-refractivity contribution in [3.63, 3.8) is 0 Å². The Labute approximate surface area is 96.6 Å². The second kappa shape index (κ2) is 3.59. The van der Waals surface area contributed by atoms with Crippen molar-refractivity contribution in [3.8, 4) is 0 Å². The minimum absolute atomic E-state index is 0.587. The summed E-state index contributed by atoms with van der Waals surface area (Å²) in [6.45, 7) is 0. The topological polar surface area (TPSA) is 30.2 Å². The molecule has 15 heavy (non-hydrogen) atoms. The van der Waals surface area contributed by atoms with E-state index < -0.39 is 0 Å². The van der Waals surface area contributed by atoms with Crippen LogP contribution < -0.4 is 0 Å². The van der Waals surface area contributed by atoms with Crippen molar-refractivity contribution in [1.82, 2.24) is 14.6 Å². The van der Waals surface area contributed by atoms with Crippen LogP contribution in [0.25, 0.3) is 5.65 Å². The highest BCUT2D eigenvalue weighted by Crippen LogP contribution is 2.32. The molecule has 4 heteroatoms. The normalized spacial score (nSPS) is 17.7. The van der Waals surface area contributed by atoms with Crippen molar-refractivity contribution >= 4 is 21.6 Å². The summed E-state index contributed by atoms with van der Waals surface area (Å²) in [4.78, 5) is 4.58. The highest BCUT2D eigenvalue weighted by molar-refractivity contribution is 9.10. The predicted octanol–water partition coefficient (Wildman–Crippen LogP) is 3.15. The predicted molar refractivity (Wildman–Crippen MR) is 61.9 cm³/mol. The number of hydrogen-bond acceptors (Lipinski definition) is 2. The fourth-order valence-corrected chi connectivity index (χ4v) is 2.55. The summed E-state index contributed by atoms with van der Waals surface area (Å²) in [5.41, 5.74) is 0.936. The van der Waals surface area contributed by atoms with E-state index in [1.165, 1.54) is 25.7 Å². The monoisotopic (exact) mass is 265 g/mol. The Morgan fingerprint density at radius 3 is 2.93 bits per heavy atom. The summed E-state index contributed by atoms with van der Waals surface area (Å²) in [6, 6.07) is 3.99. The van der Waals surface area contributed by atoms with E-state index in [9.17, 15) is 0 Å². The van der Waals surface area contributed by atoms with E-state index in [-0.39, 0.29) is 0 Å². The third kappa shape index (κ3) is 1.67. The number of hydrogen-bond donors (Lipinski definition) is 0. The maximum Gasteiger partial charge on any atom is 0.156 e. The molecule has 0 atom stereocenters. The lowest BCUT2D eigenvalue weighted by Gasteiger charge is -2.00. The summed E-state index contributed by atoms with van der Waals surface area (Å²) in [7, 11) is 0. The summed E-state index contributed by atoms with van der Waals surface area (Å²) in [5, 5.41) is 4.52. The molecule has 2 heterocycles. The minimum Gasteiger partial charge on any atom is -0.221 e. The van der Waals surface area contributed by atoms with Gasteiger partial charge in [0.25, 0.3) is 0 Å². The van der Waals surface area contributed by atoms with Gasteiger partial charge in [-0.25, -0.2) is 9.50 Å². The number of rotatable bonds is 1. The molecule has 1 saturated carbocycles. The van der Waals surface area contributed by atoms with Crippen molar-refractivity contribution < 1.29 is 0 Å². The molecule has 0 saturated heterocycles. The van der Waals surface area contributed by atoms with Crippen LogP contribution in [0.4, 0.5) is 0 Å². The second-order valence-electron chi connectivity index (χ2n) is 4.10. The van der Waals surface area contributed by atoms with E-state index in [2.05, 4.69) is 26.0 Å². The Morgan fingerprint density at radius 2 is 2.13 bits per heavy atom. The van der Waals surface area contributed by atoms with Crippen LogP contribution in [-0.4, -0.2) is 14.6 Å². The van der Waals surface area contributed by atoms with Crippen LogP contribution in [0.3, 0.4) is 0 Å². The van der Waals surface area contributed by atoms with Crippen molar-refractivity contribution in [1.29, 1.82) is 0 Å². The molecule has 2 aromatic heterocycles. The van der Waals surface area contributed by atoms with Gasteiger partial charge in [0.2, 0.25) is 0 Å². The Hall–Kier alpha value is -0.900. The van der Waals surface area contributed by atoms with Crippen LogP contribution >= 0.6 is 15.9 Å². The average Bonchev–Trinajstić information content (AvgIpc) is 2.84. The molecule has 0 radical (unpaired) electrons. The van der Waals surface area contributed by atoms with Crippen molar-refractivity contribution in [2.24, 2.45) is 0 Å². The first-order chi connectivity index (χ1) is 7.33. The Bertz CT molecular complexity index is 486. The van der Waals surface area contributed by atoms with E-state index in [0.717, 1.165) is 15.9 Å². The molecule has 3 rings (SSSR count).